The molecular formula is C18H12ClF4N3O. The first kappa shape index (κ1) is 18.9. The van der Waals surface area contributed by atoms with E-state index >= 15 is 0 Å². The average Bonchev–Trinajstić information content (AvgIpc) is 3.04. The van der Waals surface area contributed by atoms with Crippen LogP contribution in [0.15, 0.2) is 48.7 Å². The highest BCUT2D eigenvalue weighted by Crippen LogP contribution is 2.34. The number of rotatable bonds is 3. The molecule has 3 rings (SSSR count). The minimum absolute atomic E-state index is 0.0580. The zero-order chi connectivity index (χ0) is 19.8. The Hall–Kier alpha value is -2.87. The van der Waals surface area contributed by atoms with Gasteiger partial charge in [-0.05, 0) is 37.3 Å². The van der Waals surface area contributed by atoms with Crippen LogP contribution in [-0.4, -0.2) is 15.7 Å². The molecule has 0 aliphatic rings. The molecule has 0 aliphatic heterocycles. The van der Waals surface area contributed by atoms with Gasteiger partial charge in [-0.25, -0.2) is 9.07 Å². The predicted molar refractivity (Wildman–Crippen MR) is 92.7 cm³/mol. The van der Waals surface area contributed by atoms with Crippen molar-refractivity contribution in [3.63, 3.8) is 0 Å². The summed E-state index contributed by atoms with van der Waals surface area (Å²) in [7, 11) is 0. The second-order valence-electron chi connectivity index (χ2n) is 5.73. The van der Waals surface area contributed by atoms with Crippen LogP contribution in [0, 0.1) is 12.7 Å². The molecule has 0 spiro atoms. The van der Waals surface area contributed by atoms with Crippen molar-refractivity contribution in [3.8, 4) is 5.69 Å². The third kappa shape index (κ3) is 3.95. The number of hydrogen-bond acceptors (Lipinski definition) is 2. The molecule has 140 valence electrons. The molecule has 1 aromatic heterocycles. The molecule has 1 amide bonds. The zero-order valence-electron chi connectivity index (χ0n) is 13.8. The Kier molecular flexibility index (Phi) is 4.93. The van der Waals surface area contributed by atoms with Gasteiger partial charge in [0.2, 0.25) is 0 Å². The van der Waals surface area contributed by atoms with Gasteiger partial charge < -0.3 is 5.32 Å². The molecule has 0 atom stereocenters. The lowest BCUT2D eigenvalue weighted by Crippen LogP contribution is -2.20. The minimum Gasteiger partial charge on any atom is -0.322 e. The fraction of sp³-hybridized carbons (Fsp3) is 0.111. The number of hydrogen-bond donors (Lipinski definition) is 1. The molecule has 2 aromatic carbocycles. The standard InChI is InChI=1S/C18H12ClF4N3O/c1-10-2-5-12(6-3-10)26-16(18(21,22)23)13(9-24-26)17(27)25-11-4-7-15(20)14(19)8-11/h2-9H,1H3,(H,25,27). The van der Waals surface area contributed by atoms with Crippen LogP contribution in [-0.2, 0) is 6.18 Å². The van der Waals surface area contributed by atoms with E-state index in [1.807, 2.05) is 0 Å². The highest BCUT2D eigenvalue weighted by Gasteiger charge is 2.40. The van der Waals surface area contributed by atoms with Crippen LogP contribution < -0.4 is 5.32 Å². The van der Waals surface area contributed by atoms with Gasteiger partial charge in [0, 0.05) is 5.69 Å². The third-order valence-electron chi connectivity index (χ3n) is 3.74. The van der Waals surface area contributed by atoms with E-state index in [2.05, 4.69) is 10.4 Å². The van der Waals surface area contributed by atoms with E-state index < -0.39 is 29.2 Å². The molecule has 0 radical (unpaired) electrons. The average molecular weight is 398 g/mol. The minimum atomic E-state index is -4.82. The summed E-state index contributed by atoms with van der Waals surface area (Å²) < 4.78 is 54.7. The summed E-state index contributed by atoms with van der Waals surface area (Å²) in [6, 6.07) is 9.51. The van der Waals surface area contributed by atoms with Gasteiger partial charge in [-0.1, -0.05) is 29.3 Å². The Labute approximate surface area is 156 Å². The smallest absolute Gasteiger partial charge is 0.322 e. The van der Waals surface area contributed by atoms with Crippen molar-refractivity contribution in [1.29, 1.82) is 0 Å². The Morgan fingerprint density at radius 2 is 1.81 bits per heavy atom. The van der Waals surface area contributed by atoms with Crippen molar-refractivity contribution in [1.82, 2.24) is 9.78 Å². The Balaban J connectivity index is 2.01. The lowest BCUT2D eigenvalue weighted by molar-refractivity contribution is -0.143. The van der Waals surface area contributed by atoms with Crippen molar-refractivity contribution in [2.24, 2.45) is 0 Å². The number of anilines is 1. The number of amides is 1. The summed E-state index contributed by atoms with van der Waals surface area (Å²) in [5, 5.41) is 5.73. The molecule has 27 heavy (non-hydrogen) atoms. The maximum absolute atomic E-state index is 13.6. The van der Waals surface area contributed by atoms with E-state index in [0.29, 0.717) is 4.68 Å². The number of alkyl halides is 3. The number of nitrogens with one attached hydrogen (secondary N) is 1. The van der Waals surface area contributed by atoms with Gasteiger partial charge in [-0.15, -0.1) is 0 Å². The lowest BCUT2D eigenvalue weighted by atomic mass is 10.2. The summed E-state index contributed by atoms with van der Waals surface area (Å²) in [5.74, 6) is -1.75. The highest BCUT2D eigenvalue weighted by atomic mass is 35.5. The van der Waals surface area contributed by atoms with Crippen LogP contribution in [0.2, 0.25) is 5.02 Å². The number of aromatic nitrogens is 2. The van der Waals surface area contributed by atoms with Crippen molar-refractivity contribution in [2.45, 2.75) is 13.1 Å². The summed E-state index contributed by atoms with van der Waals surface area (Å²) in [5.41, 5.74) is -0.786. The largest absolute Gasteiger partial charge is 0.434 e. The predicted octanol–water partition coefficient (Wildman–Crippen LogP) is 5.24. The number of benzene rings is 2. The molecule has 0 saturated heterocycles. The van der Waals surface area contributed by atoms with Crippen LogP contribution in [0.3, 0.4) is 0 Å². The van der Waals surface area contributed by atoms with Gasteiger partial charge in [0.15, 0.2) is 5.69 Å². The van der Waals surface area contributed by atoms with E-state index in [1.54, 1.807) is 19.1 Å². The fourth-order valence-corrected chi connectivity index (χ4v) is 2.62. The summed E-state index contributed by atoms with van der Waals surface area (Å²) in [6.07, 6.45) is -3.99. The molecule has 3 aromatic rings. The summed E-state index contributed by atoms with van der Waals surface area (Å²) >= 11 is 5.62. The SMILES string of the molecule is Cc1ccc(-n2ncc(C(=O)Nc3ccc(F)c(Cl)c3)c2C(F)(F)F)cc1. The Bertz CT molecular complexity index is 997. The van der Waals surface area contributed by atoms with Gasteiger partial charge in [-0.3, -0.25) is 4.79 Å². The maximum Gasteiger partial charge on any atom is 0.434 e. The molecule has 9 heteroatoms. The topological polar surface area (TPSA) is 46.9 Å². The molecule has 1 heterocycles. The van der Waals surface area contributed by atoms with E-state index in [0.717, 1.165) is 23.9 Å². The number of carbonyl (C=O) groups excluding carboxylic acids is 1. The summed E-state index contributed by atoms with van der Waals surface area (Å²) in [4.78, 5) is 12.4. The quantitative estimate of drug-likeness (QED) is 0.614. The Morgan fingerprint density at radius 3 is 2.41 bits per heavy atom. The van der Waals surface area contributed by atoms with Gasteiger partial charge in [-0.2, -0.15) is 18.3 Å². The lowest BCUT2D eigenvalue weighted by Gasteiger charge is -2.13. The molecular weight excluding hydrogens is 386 g/mol. The third-order valence-corrected chi connectivity index (χ3v) is 4.03. The fourth-order valence-electron chi connectivity index (χ4n) is 2.44. The number of nitrogens with zero attached hydrogens (tertiary/aromatic N) is 2. The monoisotopic (exact) mass is 397 g/mol. The van der Waals surface area contributed by atoms with Crippen molar-refractivity contribution in [2.75, 3.05) is 5.32 Å². The number of halogens is 5. The Morgan fingerprint density at radius 1 is 1.15 bits per heavy atom. The van der Waals surface area contributed by atoms with E-state index in [-0.39, 0.29) is 16.4 Å². The molecule has 0 unspecified atom stereocenters. The summed E-state index contributed by atoms with van der Waals surface area (Å²) in [6.45, 7) is 1.80. The van der Waals surface area contributed by atoms with Crippen LogP contribution in [0.25, 0.3) is 5.69 Å². The van der Waals surface area contributed by atoms with E-state index in [4.69, 9.17) is 11.6 Å². The highest BCUT2D eigenvalue weighted by molar-refractivity contribution is 6.31. The molecule has 0 saturated carbocycles. The van der Waals surface area contributed by atoms with Crippen molar-refractivity contribution in [3.05, 3.63) is 76.3 Å². The maximum atomic E-state index is 13.6. The number of carbonyl (C=O) groups is 1. The first-order valence-corrected chi connectivity index (χ1v) is 8.03. The van der Waals surface area contributed by atoms with Crippen LogP contribution in [0.1, 0.15) is 21.6 Å². The van der Waals surface area contributed by atoms with Gasteiger partial charge in [0.25, 0.3) is 5.91 Å². The zero-order valence-corrected chi connectivity index (χ0v) is 14.6. The van der Waals surface area contributed by atoms with Gasteiger partial charge in [0.05, 0.1) is 22.5 Å². The molecule has 4 nitrogen and oxygen atoms in total. The van der Waals surface area contributed by atoms with Crippen LogP contribution in [0.4, 0.5) is 23.2 Å². The van der Waals surface area contributed by atoms with Crippen molar-refractivity contribution >= 4 is 23.2 Å². The van der Waals surface area contributed by atoms with Crippen molar-refractivity contribution < 1.29 is 22.4 Å². The van der Waals surface area contributed by atoms with Gasteiger partial charge in [0.1, 0.15) is 5.82 Å². The molecule has 0 bridgehead atoms. The number of aryl methyl sites for hydroxylation is 1. The molecule has 1 N–H and O–H groups in total. The normalized spacial score (nSPS) is 11.5. The molecule has 0 aliphatic carbocycles. The van der Waals surface area contributed by atoms with Crippen LogP contribution >= 0.6 is 11.6 Å². The van der Waals surface area contributed by atoms with Gasteiger partial charge >= 0.3 is 6.18 Å². The molecule has 0 fully saturated rings. The van der Waals surface area contributed by atoms with E-state index in [9.17, 15) is 22.4 Å². The first-order chi connectivity index (χ1) is 12.7. The first-order valence-electron chi connectivity index (χ1n) is 7.65. The second kappa shape index (κ2) is 7.03. The van der Waals surface area contributed by atoms with Crippen LogP contribution in [0.5, 0.6) is 0 Å². The second-order valence-corrected chi connectivity index (χ2v) is 6.14. The van der Waals surface area contributed by atoms with E-state index in [1.165, 1.54) is 18.2 Å².